The SMILES string of the molecule is CC(C)C(NC(=O)C(CC(=O)O)NC(=O)C(CS)NC(=O)C(N)CCC(N)=O)C(=O)O. The molecule has 0 aliphatic rings. The van der Waals surface area contributed by atoms with E-state index in [0.717, 1.165) is 0 Å². The number of rotatable bonds is 14. The summed E-state index contributed by atoms with van der Waals surface area (Å²) in [6.07, 6.45) is -1.03. The molecule has 0 bridgehead atoms. The number of carbonyl (C=O) groups excluding carboxylic acids is 4. The van der Waals surface area contributed by atoms with E-state index in [-0.39, 0.29) is 18.6 Å². The highest BCUT2D eigenvalue weighted by Gasteiger charge is 2.32. The molecule has 0 aliphatic heterocycles. The lowest BCUT2D eigenvalue weighted by Gasteiger charge is -2.24. The number of carboxylic acid groups (broad SMARTS) is 2. The van der Waals surface area contributed by atoms with Crippen molar-refractivity contribution < 1.29 is 39.0 Å². The van der Waals surface area contributed by atoms with Crippen LogP contribution in [0.4, 0.5) is 0 Å². The fraction of sp³-hybridized carbons (Fsp3) is 0.647. The van der Waals surface area contributed by atoms with Gasteiger partial charge in [-0.2, -0.15) is 12.6 Å². The molecule has 0 fully saturated rings. The number of primary amides is 1. The molecule has 0 heterocycles. The van der Waals surface area contributed by atoms with Crippen LogP contribution in [0.15, 0.2) is 0 Å². The Bertz CT molecular complexity index is 702. The van der Waals surface area contributed by atoms with Crippen LogP contribution in [0.25, 0.3) is 0 Å². The fourth-order valence-electron chi connectivity index (χ4n) is 2.33. The van der Waals surface area contributed by atoms with Crippen LogP contribution in [0.3, 0.4) is 0 Å². The van der Waals surface area contributed by atoms with Crippen LogP contribution < -0.4 is 27.4 Å². The number of hydrogen-bond acceptors (Lipinski definition) is 8. The van der Waals surface area contributed by atoms with Crippen molar-refractivity contribution in [3.05, 3.63) is 0 Å². The standard InChI is InChI=1S/C17H29N5O8S/c1-7(2)13(17(29)30)22-15(27)9(5-12(24)25)20-16(28)10(6-31)21-14(26)8(18)3-4-11(19)23/h7-10,13,31H,3-6,18H2,1-2H3,(H2,19,23)(H,20,28)(H,21,26)(H,22,27)(H,24,25)(H,29,30). The van der Waals surface area contributed by atoms with Gasteiger partial charge in [0.25, 0.3) is 0 Å². The van der Waals surface area contributed by atoms with E-state index >= 15 is 0 Å². The Labute approximate surface area is 184 Å². The number of amides is 4. The monoisotopic (exact) mass is 463 g/mol. The van der Waals surface area contributed by atoms with Crippen LogP contribution >= 0.6 is 12.6 Å². The molecule has 13 nitrogen and oxygen atoms in total. The van der Waals surface area contributed by atoms with Crippen LogP contribution in [0.5, 0.6) is 0 Å². The Morgan fingerprint density at radius 3 is 1.84 bits per heavy atom. The number of carboxylic acids is 2. The minimum absolute atomic E-state index is 0.0576. The second-order valence-electron chi connectivity index (χ2n) is 7.08. The van der Waals surface area contributed by atoms with Crippen molar-refractivity contribution in [2.24, 2.45) is 17.4 Å². The summed E-state index contributed by atoms with van der Waals surface area (Å²) < 4.78 is 0. The number of nitrogens with one attached hydrogen (secondary N) is 3. The van der Waals surface area contributed by atoms with Crippen LogP contribution in [-0.4, -0.2) is 75.7 Å². The quantitative estimate of drug-likeness (QED) is 0.124. The van der Waals surface area contributed by atoms with Crippen LogP contribution in [0.2, 0.25) is 0 Å². The van der Waals surface area contributed by atoms with E-state index in [1.54, 1.807) is 0 Å². The smallest absolute Gasteiger partial charge is 0.326 e. The maximum Gasteiger partial charge on any atom is 0.326 e. The van der Waals surface area contributed by atoms with E-state index in [1.807, 2.05) is 0 Å². The summed E-state index contributed by atoms with van der Waals surface area (Å²) in [6, 6.07) is -5.32. The minimum atomic E-state index is -1.60. The molecule has 4 unspecified atom stereocenters. The second kappa shape index (κ2) is 13.4. The van der Waals surface area contributed by atoms with Crippen molar-refractivity contribution >= 4 is 48.2 Å². The van der Waals surface area contributed by atoms with E-state index in [4.69, 9.17) is 16.6 Å². The molecule has 0 aromatic heterocycles. The Morgan fingerprint density at radius 1 is 0.903 bits per heavy atom. The van der Waals surface area contributed by atoms with E-state index < -0.39 is 72.1 Å². The third-order valence-corrected chi connectivity index (χ3v) is 4.46. The van der Waals surface area contributed by atoms with Gasteiger partial charge in [-0.05, 0) is 12.3 Å². The first-order chi connectivity index (χ1) is 14.3. The largest absolute Gasteiger partial charge is 0.481 e. The molecule has 4 amide bonds. The molecule has 0 aromatic carbocycles. The molecular weight excluding hydrogens is 434 g/mol. The highest BCUT2D eigenvalue weighted by atomic mass is 32.1. The summed E-state index contributed by atoms with van der Waals surface area (Å²) in [5.41, 5.74) is 10.6. The number of thiol groups is 1. The number of aliphatic carboxylic acids is 2. The van der Waals surface area contributed by atoms with Crippen molar-refractivity contribution in [3.63, 3.8) is 0 Å². The van der Waals surface area contributed by atoms with Crippen molar-refractivity contribution in [1.29, 1.82) is 0 Å². The van der Waals surface area contributed by atoms with Gasteiger partial charge in [0.15, 0.2) is 0 Å². The average Bonchev–Trinajstić information content (AvgIpc) is 2.66. The van der Waals surface area contributed by atoms with Gasteiger partial charge in [0.2, 0.25) is 23.6 Å². The average molecular weight is 464 g/mol. The van der Waals surface area contributed by atoms with E-state index in [1.165, 1.54) is 13.8 Å². The van der Waals surface area contributed by atoms with E-state index in [9.17, 15) is 33.9 Å². The molecular formula is C17H29N5O8S. The molecule has 0 spiro atoms. The van der Waals surface area contributed by atoms with Gasteiger partial charge in [0.1, 0.15) is 18.1 Å². The third-order valence-electron chi connectivity index (χ3n) is 4.10. The zero-order chi connectivity index (χ0) is 24.3. The highest BCUT2D eigenvalue weighted by Crippen LogP contribution is 2.04. The Kier molecular flexibility index (Phi) is 12.2. The van der Waals surface area contributed by atoms with Crippen molar-refractivity contribution in [1.82, 2.24) is 16.0 Å². The van der Waals surface area contributed by atoms with Crippen LogP contribution in [0, 0.1) is 5.92 Å². The zero-order valence-corrected chi connectivity index (χ0v) is 18.1. The predicted molar refractivity (Wildman–Crippen MR) is 111 cm³/mol. The Balaban J connectivity index is 5.23. The normalized spacial score (nSPS) is 14.6. The summed E-state index contributed by atoms with van der Waals surface area (Å²) in [4.78, 5) is 70.1. The minimum Gasteiger partial charge on any atom is -0.481 e. The van der Waals surface area contributed by atoms with Crippen LogP contribution in [-0.2, 0) is 28.8 Å². The molecule has 0 rings (SSSR count). The zero-order valence-electron chi connectivity index (χ0n) is 17.2. The topological polar surface area (TPSA) is 231 Å². The summed E-state index contributed by atoms with van der Waals surface area (Å²) >= 11 is 3.95. The van der Waals surface area contributed by atoms with Crippen LogP contribution in [0.1, 0.15) is 33.1 Å². The van der Waals surface area contributed by atoms with Gasteiger partial charge in [-0.25, -0.2) is 4.79 Å². The molecule has 0 aliphatic carbocycles. The molecule has 31 heavy (non-hydrogen) atoms. The maximum atomic E-state index is 12.5. The van der Waals surface area contributed by atoms with Crippen molar-refractivity contribution in [3.8, 4) is 0 Å². The predicted octanol–water partition coefficient (Wildman–Crippen LogP) is -2.82. The molecule has 176 valence electrons. The molecule has 4 atom stereocenters. The first-order valence-corrected chi connectivity index (χ1v) is 9.93. The summed E-state index contributed by atoms with van der Waals surface area (Å²) in [7, 11) is 0. The first kappa shape index (κ1) is 28.1. The van der Waals surface area contributed by atoms with Gasteiger partial charge < -0.3 is 37.6 Å². The first-order valence-electron chi connectivity index (χ1n) is 9.30. The molecule has 9 N–H and O–H groups in total. The van der Waals surface area contributed by atoms with Crippen molar-refractivity contribution in [2.45, 2.75) is 57.3 Å². The van der Waals surface area contributed by atoms with Gasteiger partial charge in [-0.15, -0.1) is 0 Å². The second-order valence-corrected chi connectivity index (χ2v) is 7.45. The van der Waals surface area contributed by atoms with Gasteiger partial charge in [-0.3, -0.25) is 24.0 Å². The molecule has 0 radical (unpaired) electrons. The molecule has 0 saturated carbocycles. The van der Waals surface area contributed by atoms with Gasteiger partial charge in [0, 0.05) is 12.2 Å². The Hall–Kier alpha value is -2.87. The lowest BCUT2D eigenvalue weighted by molar-refractivity contribution is -0.144. The summed E-state index contributed by atoms with van der Waals surface area (Å²) in [5.74, 6) is -6.84. The van der Waals surface area contributed by atoms with Gasteiger partial charge in [0.05, 0.1) is 12.5 Å². The molecule has 0 saturated heterocycles. The van der Waals surface area contributed by atoms with E-state index in [2.05, 4.69) is 28.6 Å². The third kappa shape index (κ3) is 10.6. The fourth-order valence-corrected chi connectivity index (χ4v) is 2.58. The highest BCUT2D eigenvalue weighted by molar-refractivity contribution is 7.80. The number of carbonyl (C=O) groups is 6. The number of hydrogen-bond donors (Lipinski definition) is 8. The van der Waals surface area contributed by atoms with Crippen molar-refractivity contribution in [2.75, 3.05) is 5.75 Å². The Morgan fingerprint density at radius 2 is 1.42 bits per heavy atom. The van der Waals surface area contributed by atoms with E-state index in [0.29, 0.717) is 0 Å². The molecule has 14 heteroatoms. The van der Waals surface area contributed by atoms with Gasteiger partial charge in [-0.1, -0.05) is 13.8 Å². The molecule has 0 aromatic rings. The maximum absolute atomic E-state index is 12.5. The lowest BCUT2D eigenvalue weighted by atomic mass is 10.0. The summed E-state index contributed by atoms with van der Waals surface area (Å²) in [5, 5.41) is 24.8. The lowest BCUT2D eigenvalue weighted by Crippen LogP contribution is -2.58. The summed E-state index contributed by atoms with van der Waals surface area (Å²) in [6.45, 7) is 3.08. The number of nitrogens with two attached hydrogens (primary N) is 2. The van der Waals surface area contributed by atoms with Gasteiger partial charge >= 0.3 is 11.9 Å².